The smallest absolute Gasteiger partial charge is 0.338 e. The van der Waals surface area contributed by atoms with Crippen molar-refractivity contribution in [3.8, 4) is 0 Å². The highest BCUT2D eigenvalue weighted by Gasteiger charge is 2.29. The van der Waals surface area contributed by atoms with Gasteiger partial charge in [-0.1, -0.05) is 0 Å². The van der Waals surface area contributed by atoms with Crippen LogP contribution in [0.1, 0.15) is 88.2 Å². The molecule has 42 heavy (non-hydrogen) atoms. The zero-order valence-electron chi connectivity index (χ0n) is 25.6. The van der Waals surface area contributed by atoms with Crippen LogP contribution in [-0.2, 0) is 43.6 Å². The van der Waals surface area contributed by atoms with Crippen molar-refractivity contribution in [1.82, 2.24) is 9.55 Å². The Morgan fingerprint density at radius 2 is 1.69 bits per heavy atom. The molecule has 2 aromatic carbocycles. The summed E-state index contributed by atoms with van der Waals surface area (Å²) in [6.45, 7) is 11.4. The number of esters is 3. The van der Waals surface area contributed by atoms with E-state index in [1.807, 2.05) is 52.1 Å². The van der Waals surface area contributed by atoms with Gasteiger partial charge in [0, 0.05) is 19.7 Å². The molecular weight excluding hydrogens is 538 g/mol. The van der Waals surface area contributed by atoms with Gasteiger partial charge in [-0.25, -0.2) is 9.78 Å². The number of aryl methyl sites for hydroxylation is 1. The van der Waals surface area contributed by atoms with Gasteiger partial charge in [-0.3, -0.25) is 19.0 Å². The molecule has 3 aromatic rings. The molecular formula is C32H39N3O7. The topological polar surface area (TPSA) is 117 Å². The largest absolute Gasteiger partial charge is 0.458 e. The molecule has 4 rings (SSSR count). The van der Waals surface area contributed by atoms with E-state index >= 15 is 0 Å². The summed E-state index contributed by atoms with van der Waals surface area (Å²) in [6, 6.07) is 11.0. The number of carbonyl (C=O) groups excluding carboxylic acids is 3. The molecule has 0 aliphatic heterocycles. The minimum atomic E-state index is -0.756. The fourth-order valence-corrected chi connectivity index (χ4v) is 4.85. The monoisotopic (exact) mass is 577 g/mol. The predicted molar refractivity (Wildman–Crippen MR) is 158 cm³/mol. The molecule has 0 bridgehead atoms. The summed E-state index contributed by atoms with van der Waals surface area (Å²) in [6.07, 6.45) is 1.62. The quantitative estimate of drug-likeness (QED) is 0.280. The van der Waals surface area contributed by atoms with Crippen molar-refractivity contribution >= 4 is 34.5 Å². The summed E-state index contributed by atoms with van der Waals surface area (Å²) in [4.78, 5) is 56.9. The summed E-state index contributed by atoms with van der Waals surface area (Å²) >= 11 is 0. The fourth-order valence-electron chi connectivity index (χ4n) is 4.85. The molecule has 0 spiro atoms. The maximum absolute atomic E-state index is 13.7. The lowest BCUT2D eigenvalue weighted by atomic mass is 9.98. The molecule has 10 heteroatoms. The van der Waals surface area contributed by atoms with Crippen molar-refractivity contribution < 1.29 is 28.6 Å². The number of hydrogen-bond donors (Lipinski definition) is 0. The van der Waals surface area contributed by atoms with Crippen molar-refractivity contribution in [3.63, 3.8) is 0 Å². The van der Waals surface area contributed by atoms with Gasteiger partial charge in [0.05, 0.1) is 27.9 Å². The van der Waals surface area contributed by atoms with E-state index in [2.05, 4.69) is 9.88 Å². The van der Waals surface area contributed by atoms with E-state index in [0.717, 1.165) is 29.7 Å². The van der Waals surface area contributed by atoms with Gasteiger partial charge in [0.1, 0.15) is 12.2 Å². The molecule has 0 saturated carbocycles. The molecule has 1 unspecified atom stereocenters. The Morgan fingerprint density at radius 1 is 1.02 bits per heavy atom. The highest BCUT2D eigenvalue weighted by molar-refractivity contribution is 5.90. The number of ether oxygens (including phenoxy) is 3. The zero-order valence-corrected chi connectivity index (χ0v) is 25.6. The van der Waals surface area contributed by atoms with Crippen LogP contribution in [0.5, 0.6) is 0 Å². The summed E-state index contributed by atoms with van der Waals surface area (Å²) in [5, 5.41) is 0.382. The second-order valence-electron chi connectivity index (χ2n) is 12.6. The van der Waals surface area contributed by atoms with E-state index in [0.29, 0.717) is 16.5 Å². The Bertz CT molecular complexity index is 1580. The average molecular weight is 578 g/mol. The molecule has 0 fully saturated rings. The van der Waals surface area contributed by atoms with Crippen LogP contribution in [0.4, 0.5) is 5.69 Å². The maximum atomic E-state index is 13.7. The highest BCUT2D eigenvalue weighted by atomic mass is 16.6. The van der Waals surface area contributed by atoms with Gasteiger partial charge in [0.25, 0.3) is 5.56 Å². The summed E-state index contributed by atoms with van der Waals surface area (Å²) in [7, 11) is 1.98. The Labute approximate surface area is 245 Å². The number of carbonyl (C=O) groups is 3. The van der Waals surface area contributed by atoms with Crippen LogP contribution in [-0.4, -0.2) is 40.1 Å². The molecule has 0 amide bonds. The van der Waals surface area contributed by atoms with Crippen LogP contribution in [0.15, 0.2) is 41.2 Å². The van der Waals surface area contributed by atoms with Crippen LogP contribution in [0, 0.1) is 5.41 Å². The fraction of sp³-hybridized carbons (Fsp3) is 0.469. The minimum absolute atomic E-state index is 0.0101. The van der Waals surface area contributed by atoms with Gasteiger partial charge in [-0.2, -0.15) is 0 Å². The standard InChI is InChI=1S/C32H39N3O7/c1-19(36)40-17-27-33-25-15-21-11-14-26(34(8)22-12-9-20(10-13-22)29(38)42-32(5,6)7)23(21)16-24(25)28(37)35(27)18-41-30(39)31(2,3)4/h9-10,12-13,15-16,26H,11,14,17-18H2,1-8H3. The molecule has 0 N–H and O–H groups in total. The minimum Gasteiger partial charge on any atom is -0.458 e. The first-order valence-corrected chi connectivity index (χ1v) is 14.0. The molecule has 1 aromatic heterocycles. The van der Waals surface area contributed by atoms with Crippen LogP contribution in [0.25, 0.3) is 10.9 Å². The van der Waals surface area contributed by atoms with Crippen molar-refractivity contribution in [2.45, 2.75) is 86.3 Å². The average Bonchev–Trinajstić information content (AvgIpc) is 3.31. The third kappa shape index (κ3) is 6.80. The van der Waals surface area contributed by atoms with E-state index in [1.54, 1.807) is 32.9 Å². The Morgan fingerprint density at radius 3 is 2.29 bits per heavy atom. The van der Waals surface area contributed by atoms with Gasteiger partial charge >= 0.3 is 17.9 Å². The van der Waals surface area contributed by atoms with Gasteiger partial charge in [-0.15, -0.1) is 0 Å². The SMILES string of the molecule is CC(=O)OCc1nc2cc3c(cc2c(=O)n1COC(=O)C(C)(C)C)C(N(C)c1ccc(C(=O)OC(C)(C)C)cc1)CC3. The Hall–Kier alpha value is -4.21. The van der Waals surface area contributed by atoms with E-state index in [9.17, 15) is 19.2 Å². The number of anilines is 1. The summed E-state index contributed by atoms with van der Waals surface area (Å²) in [5.41, 5.74) is 2.24. The van der Waals surface area contributed by atoms with Crippen molar-refractivity contribution in [2.24, 2.45) is 5.41 Å². The number of hydrogen-bond acceptors (Lipinski definition) is 9. The molecule has 0 radical (unpaired) electrons. The molecule has 224 valence electrons. The van der Waals surface area contributed by atoms with E-state index in [-0.39, 0.29) is 36.7 Å². The first kappa shape index (κ1) is 30.7. The maximum Gasteiger partial charge on any atom is 0.338 e. The molecule has 1 aliphatic carbocycles. The lowest BCUT2D eigenvalue weighted by molar-refractivity contribution is -0.157. The molecule has 1 heterocycles. The number of aromatic nitrogens is 2. The van der Waals surface area contributed by atoms with Gasteiger partial charge in [-0.05, 0) is 102 Å². The van der Waals surface area contributed by atoms with Crippen LogP contribution < -0.4 is 10.5 Å². The Balaban J connectivity index is 1.67. The molecule has 1 atom stereocenters. The predicted octanol–water partition coefficient (Wildman–Crippen LogP) is 5.09. The number of rotatable bonds is 7. The third-order valence-electron chi connectivity index (χ3n) is 7.06. The molecule has 1 aliphatic rings. The third-order valence-corrected chi connectivity index (χ3v) is 7.06. The van der Waals surface area contributed by atoms with Crippen molar-refractivity contribution in [3.05, 3.63) is 69.3 Å². The normalized spacial score (nSPS) is 14.8. The lowest BCUT2D eigenvalue weighted by Gasteiger charge is -2.28. The number of fused-ring (bicyclic) bond motifs is 2. The second-order valence-corrected chi connectivity index (χ2v) is 12.6. The molecule has 10 nitrogen and oxygen atoms in total. The van der Waals surface area contributed by atoms with E-state index in [1.165, 1.54) is 11.5 Å². The van der Waals surface area contributed by atoms with Crippen molar-refractivity contribution in [2.75, 3.05) is 11.9 Å². The van der Waals surface area contributed by atoms with Crippen LogP contribution in [0.3, 0.4) is 0 Å². The number of nitrogens with zero attached hydrogens (tertiary/aromatic N) is 3. The molecule has 0 saturated heterocycles. The number of benzene rings is 2. The van der Waals surface area contributed by atoms with Gasteiger partial charge in [0.2, 0.25) is 0 Å². The van der Waals surface area contributed by atoms with E-state index < -0.39 is 23.0 Å². The van der Waals surface area contributed by atoms with Gasteiger partial charge in [0.15, 0.2) is 12.6 Å². The lowest BCUT2D eigenvalue weighted by Crippen LogP contribution is -2.31. The van der Waals surface area contributed by atoms with E-state index in [4.69, 9.17) is 14.2 Å². The first-order chi connectivity index (χ1) is 19.5. The van der Waals surface area contributed by atoms with Crippen LogP contribution >= 0.6 is 0 Å². The second kappa shape index (κ2) is 11.6. The first-order valence-electron chi connectivity index (χ1n) is 14.0. The van der Waals surface area contributed by atoms with Gasteiger partial charge < -0.3 is 19.1 Å². The zero-order chi connectivity index (χ0) is 31.0. The van der Waals surface area contributed by atoms with Crippen molar-refractivity contribution in [1.29, 1.82) is 0 Å². The Kier molecular flexibility index (Phi) is 8.48. The highest BCUT2D eigenvalue weighted by Crippen LogP contribution is 2.39. The summed E-state index contributed by atoms with van der Waals surface area (Å²) in [5.74, 6) is -1.16. The van der Waals surface area contributed by atoms with Crippen LogP contribution in [0.2, 0.25) is 0 Å². The summed E-state index contributed by atoms with van der Waals surface area (Å²) < 4.78 is 17.3.